The molecule has 0 fully saturated rings. The number of benzene rings is 1. The molecule has 4 nitrogen and oxygen atoms in total. The van der Waals surface area contributed by atoms with Crippen LogP contribution in [0.4, 0.5) is 11.4 Å². The van der Waals surface area contributed by atoms with E-state index in [0.717, 1.165) is 30.9 Å². The first-order chi connectivity index (χ1) is 9.29. The molecule has 0 amide bonds. The fourth-order valence-electron chi connectivity index (χ4n) is 2.63. The summed E-state index contributed by atoms with van der Waals surface area (Å²) in [5, 5.41) is 9.08. The molecular formula is C16H24N2O2. The van der Waals surface area contributed by atoms with E-state index < -0.39 is 5.97 Å². The summed E-state index contributed by atoms with van der Waals surface area (Å²) in [5.41, 5.74) is 3.54. The minimum atomic E-state index is -0.777. The molecule has 1 aromatic rings. The number of carbonyl (C=O) groups is 1. The van der Waals surface area contributed by atoms with Crippen molar-refractivity contribution < 1.29 is 9.90 Å². The van der Waals surface area contributed by atoms with Crippen molar-refractivity contribution in [3.8, 4) is 0 Å². The first-order valence-electron chi connectivity index (χ1n) is 7.11. The summed E-state index contributed by atoms with van der Waals surface area (Å²) in [7, 11) is 2.08. The highest BCUT2D eigenvalue weighted by molar-refractivity contribution is 5.79. The van der Waals surface area contributed by atoms with E-state index in [4.69, 9.17) is 5.11 Å². The van der Waals surface area contributed by atoms with E-state index in [0.29, 0.717) is 0 Å². The second kappa shape index (κ2) is 5.35. The molecule has 0 aromatic heterocycles. The molecule has 1 heterocycles. The van der Waals surface area contributed by atoms with Crippen LogP contribution in [0, 0.1) is 0 Å². The third kappa shape index (κ3) is 3.06. The van der Waals surface area contributed by atoms with Crippen LogP contribution in [0.2, 0.25) is 0 Å². The van der Waals surface area contributed by atoms with E-state index in [1.165, 1.54) is 5.56 Å². The number of rotatable bonds is 2. The topological polar surface area (TPSA) is 43.8 Å². The lowest BCUT2D eigenvalue weighted by Crippen LogP contribution is -2.30. The molecule has 0 radical (unpaired) electrons. The molecule has 110 valence electrons. The molecule has 1 aromatic carbocycles. The van der Waals surface area contributed by atoms with Crippen LogP contribution in [0.5, 0.6) is 0 Å². The van der Waals surface area contributed by atoms with Crippen LogP contribution in [0.1, 0.15) is 32.8 Å². The van der Waals surface area contributed by atoms with Gasteiger partial charge in [-0.25, -0.2) is 0 Å². The van der Waals surface area contributed by atoms with Crippen molar-refractivity contribution in [2.75, 3.05) is 36.5 Å². The molecule has 0 bridgehead atoms. The Labute approximate surface area is 121 Å². The summed E-state index contributed by atoms with van der Waals surface area (Å²) in [6.07, 6.45) is 0.976. The second-order valence-corrected chi connectivity index (χ2v) is 6.54. The maximum absolute atomic E-state index is 11.0. The lowest BCUT2D eigenvalue weighted by Gasteiger charge is -2.28. The quantitative estimate of drug-likeness (QED) is 0.902. The van der Waals surface area contributed by atoms with Gasteiger partial charge >= 0.3 is 5.97 Å². The van der Waals surface area contributed by atoms with Gasteiger partial charge < -0.3 is 14.9 Å². The Hall–Kier alpha value is -1.71. The Bertz CT molecular complexity index is 506. The number of hydrogen-bond acceptors (Lipinski definition) is 3. The standard InChI is InChI=1S/C16H24N2O2/c1-16(2,3)12-6-7-13-14(10-12)17(4)8-5-9-18(13)11-15(19)20/h6-7,10H,5,8-9,11H2,1-4H3,(H,19,20). The zero-order valence-electron chi connectivity index (χ0n) is 12.8. The zero-order chi connectivity index (χ0) is 14.9. The molecule has 1 aliphatic heterocycles. The first kappa shape index (κ1) is 14.7. The number of nitrogens with zero attached hydrogens (tertiary/aromatic N) is 2. The van der Waals surface area contributed by atoms with Crippen molar-refractivity contribution in [3.63, 3.8) is 0 Å². The fourth-order valence-corrected chi connectivity index (χ4v) is 2.63. The lowest BCUT2D eigenvalue weighted by molar-refractivity contribution is -0.135. The highest BCUT2D eigenvalue weighted by atomic mass is 16.4. The normalized spacial score (nSPS) is 15.8. The summed E-state index contributed by atoms with van der Waals surface area (Å²) in [4.78, 5) is 15.2. The molecule has 0 spiro atoms. The van der Waals surface area contributed by atoms with E-state index >= 15 is 0 Å². The summed E-state index contributed by atoms with van der Waals surface area (Å²) < 4.78 is 0. The number of carboxylic acid groups (broad SMARTS) is 1. The van der Waals surface area contributed by atoms with E-state index in [1.54, 1.807) is 0 Å². The predicted molar refractivity (Wildman–Crippen MR) is 82.9 cm³/mol. The molecule has 1 aliphatic rings. The van der Waals surface area contributed by atoms with E-state index in [-0.39, 0.29) is 12.0 Å². The Balaban J connectivity index is 2.45. The number of aliphatic carboxylic acids is 1. The van der Waals surface area contributed by atoms with E-state index in [2.05, 4.69) is 50.9 Å². The average molecular weight is 276 g/mol. The molecule has 0 aliphatic carbocycles. The Morgan fingerprint density at radius 3 is 2.55 bits per heavy atom. The Morgan fingerprint density at radius 1 is 1.25 bits per heavy atom. The van der Waals surface area contributed by atoms with Crippen LogP contribution >= 0.6 is 0 Å². The van der Waals surface area contributed by atoms with Crippen LogP contribution in [0.3, 0.4) is 0 Å². The molecule has 0 unspecified atom stereocenters. The molecule has 20 heavy (non-hydrogen) atoms. The number of carboxylic acids is 1. The summed E-state index contributed by atoms with van der Waals surface area (Å²) >= 11 is 0. The van der Waals surface area contributed by atoms with Crippen LogP contribution in [-0.4, -0.2) is 37.8 Å². The monoisotopic (exact) mass is 276 g/mol. The van der Waals surface area contributed by atoms with Crippen LogP contribution in [0.25, 0.3) is 0 Å². The molecule has 0 atom stereocenters. The van der Waals surface area contributed by atoms with Gasteiger partial charge in [0.05, 0.1) is 11.4 Å². The van der Waals surface area contributed by atoms with Crippen molar-refractivity contribution in [2.45, 2.75) is 32.6 Å². The lowest BCUT2D eigenvalue weighted by atomic mass is 9.86. The second-order valence-electron chi connectivity index (χ2n) is 6.54. The Morgan fingerprint density at radius 2 is 1.95 bits per heavy atom. The zero-order valence-corrected chi connectivity index (χ0v) is 12.8. The minimum absolute atomic E-state index is 0.0652. The van der Waals surface area contributed by atoms with Crippen molar-refractivity contribution >= 4 is 17.3 Å². The van der Waals surface area contributed by atoms with Gasteiger partial charge in [0, 0.05) is 20.1 Å². The fraction of sp³-hybridized carbons (Fsp3) is 0.562. The molecule has 0 saturated carbocycles. The molecule has 0 saturated heterocycles. The highest BCUT2D eigenvalue weighted by Crippen LogP contribution is 2.35. The van der Waals surface area contributed by atoms with E-state index in [9.17, 15) is 4.79 Å². The minimum Gasteiger partial charge on any atom is -0.480 e. The summed E-state index contributed by atoms with van der Waals surface area (Å²) in [5.74, 6) is -0.777. The maximum Gasteiger partial charge on any atom is 0.323 e. The molecule has 2 rings (SSSR count). The molecule has 4 heteroatoms. The van der Waals surface area contributed by atoms with Crippen LogP contribution < -0.4 is 9.80 Å². The summed E-state index contributed by atoms with van der Waals surface area (Å²) in [6, 6.07) is 6.39. The molecular weight excluding hydrogens is 252 g/mol. The highest BCUT2D eigenvalue weighted by Gasteiger charge is 2.23. The predicted octanol–water partition coefficient (Wildman–Crippen LogP) is 2.72. The van der Waals surface area contributed by atoms with Gasteiger partial charge in [0.25, 0.3) is 0 Å². The number of fused-ring (bicyclic) bond motifs is 1. The third-order valence-corrected chi connectivity index (χ3v) is 3.84. The SMILES string of the molecule is CN1CCCN(CC(=O)O)c2ccc(C(C)(C)C)cc21. The first-order valence-corrected chi connectivity index (χ1v) is 7.11. The average Bonchev–Trinajstić information content (AvgIpc) is 2.48. The van der Waals surface area contributed by atoms with Gasteiger partial charge in [0.15, 0.2) is 0 Å². The third-order valence-electron chi connectivity index (χ3n) is 3.84. The Kier molecular flexibility index (Phi) is 3.93. The van der Waals surface area contributed by atoms with Crippen molar-refractivity contribution in [1.82, 2.24) is 0 Å². The van der Waals surface area contributed by atoms with E-state index in [1.807, 2.05) is 4.90 Å². The van der Waals surface area contributed by atoms with Gasteiger partial charge in [-0.1, -0.05) is 26.8 Å². The van der Waals surface area contributed by atoms with Crippen molar-refractivity contribution in [2.24, 2.45) is 0 Å². The van der Waals surface area contributed by atoms with Crippen molar-refractivity contribution in [3.05, 3.63) is 23.8 Å². The van der Waals surface area contributed by atoms with Gasteiger partial charge in [0.2, 0.25) is 0 Å². The van der Waals surface area contributed by atoms with Gasteiger partial charge in [0.1, 0.15) is 6.54 Å². The van der Waals surface area contributed by atoms with Gasteiger partial charge in [-0.2, -0.15) is 0 Å². The largest absolute Gasteiger partial charge is 0.480 e. The van der Waals surface area contributed by atoms with Crippen LogP contribution in [0.15, 0.2) is 18.2 Å². The van der Waals surface area contributed by atoms with Crippen molar-refractivity contribution in [1.29, 1.82) is 0 Å². The number of anilines is 2. The molecule has 1 N–H and O–H groups in total. The van der Waals surface area contributed by atoms with Crippen LogP contribution in [-0.2, 0) is 10.2 Å². The smallest absolute Gasteiger partial charge is 0.323 e. The number of hydrogen-bond donors (Lipinski definition) is 1. The van der Waals surface area contributed by atoms with Gasteiger partial charge in [-0.05, 0) is 29.5 Å². The maximum atomic E-state index is 11.0. The van der Waals surface area contributed by atoms with Gasteiger partial charge in [-0.15, -0.1) is 0 Å². The summed E-state index contributed by atoms with van der Waals surface area (Å²) in [6.45, 7) is 8.40. The van der Waals surface area contributed by atoms with Gasteiger partial charge in [-0.3, -0.25) is 4.79 Å².